The fraction of sp³-hybridized carbons (Fsp3) is 0.375. The van der Waals surface area contributed by atoms with Crippen LogP contribution in [0.3, 0.4) is 0 Å². The Bertz CT molecular complexity index is 849. The second-order valence-electron chi connectivity index (χ2n) is 7.48. The van der Waals surface area contributed by atoms with E-state index in [2.05, 4.69) is 82.5 Å². The van der Waals surface area contributed by atoms with Gasteiger partial charge in [0, 0.05) is 62.3 Å². The third kappa shape index (κ3) is 5.00. The number of nitrogens with zero attached hydrogens (tertiary/aromatic N) is 3. The van der Waals surface area contributed by atoms with Crippen LogP contribution in [-0.4, -0.2) is 42.6 Å². The van der Waals surface area contributed by atoms with E-state index < -0.39 is 0 Å². The van der Waals surface area contributed by atoms with Crippen LogP contribution in [0.4, 0.5) is 5.69 Å². The van der Waals surface area contributed by atoms with Crippen LogP contribution in [0, 0.1) is 0 Å². The zero-order valence-corrected chi connectivity index (χ0v) is 17.5. The smallest absolute Gasteiger partial charge is 0.0940 e. The summed E-state index contributed by atoms with van der Waals surface area (Å²) in [4.78, 5) is 11.1. The largest absolute Gasteiger partial charge is 0.369 e. The van der Waals surface area contributed by atoms with Gasteiger partial charge in [0.15, 0.2) is 0 Å². The summed E-state index contributed by atoms with van der Waals surface area (Å²) in [5.74, 6) is 0. The van der Waals surface area contributed by atoms with Gasteiger partial charge in [-0.05, 0) is 29.7 Å². The Balaban J connectivity index is 1.23. The van der Waals surface area contributed by atoms with E-state index in [4.69, 9.17) is 0 Å². The van der Waals surface area contributed by atoms with Crippen LogP contribution in [0.5, 0.6) is 0 Å². The Hall–Kier alpha value is -2.17. The average Bonchev–Trinajstić information content (AvgIpc) is 3.21. The second kappa shape index (κ2) is 9.35. The van der Waals surface area contributed by atoms with E-state index in [-0.39, 0.29) is 0 Å². The molecule has 1 aliphatic rings. The summed E-state index contributed by atoms with van der Waals surface area (Å²) in [6, 6.07) is 19.7. The van der Waals surface area contributed by atoms with Crippen molar-refractivity contribution in [3.05, 3.63) is 81.8 Å². The summed E-state index contributed by atoms with van der Waals surface area (Å²) < 4.78 is 0. The third-order valence-electron chi connectivity index (χ3n) is 5.55. The van der Waals surface area contributed by atoms with Gasteiger partial charge in [-0.1, -0.05) is 49.4 Å². The zero-order chi connectivity index (χ0) is 19.2. The summed E-state index contributed by atoms with van der Waals surface area (Å²) in [5.41, 5.74) is 4.14. The number of aryl methyl sites for hydroxylation is 1. The highest BCUT2D eigenvalue weighted by atomic mass is 32.1. The predicted molar refractivity (Wildman–Crippen MR) is 120 cm³/mol. The predicted octanol–water partition coefficient (Wildman–Crippen LogP) is 4.66. The maximum atomic E-state index is 4.66. The van der Waals surface area contributed by atoms with Crippen molar-refractivity contribution in [2.24, 2.45) is 0 Å². The van der Waals surface area contributed by atoms with Crippen molar-refractivity contribution in [3.8, 4) is 0 Å². The van der Waals surface area contributed by atoms with E-state index >= 15 is 0 Å². The van der Waals surface area contributed by atoms with Crippen molar-refractivity contribution < 1.29 is 0 Å². The lowest BCUT2D eigenvalue weighted by molar-refractivity contribution is 0.261. The standard InChI is InChI=1S/C24H29N3S/c1-2-20-8-10-22(11-9-20)27-16-14-26(15-17-27)13-12-24-25-19-23(28-24)18-21-6-4-3-5-7-21/h3-11,19H,2,12-18H2,1H3. The number of rotatable bonds is 7. The second-order valence-corrected chi connectivity index (χ2v) is 8.68. The summed E-state index contributed by atoms with van der Waals surface area (Å²) in [7, 11) is 0. The maximum absolute atomic E-state index is 4.66. The van der Waals surface area contributed by atoms with Gasteiger partial charge in [0.25, 0.3) is 0 Å². The molecule has 0 amide bonds. The van der Waals surface area contributed by atoms with Crippen LogP contribution in [0.15, 0.2) is 60.8 Å². The third-order valence-corrected chi connectivity index (χ3v) is 6.60. The van der Waals surface area contributed by atoms with Crippen molar-refractivity contribution in [2.75, 3.05) is 37.6 Å². The SMILES string of the molecule is CCc1ccc(N2CCN(CCc3ncc(Cc4ccccc4)s3)CC2)cc1. The van der Waals surface area contributed by atoms with E-state index in [0.717, 1.165) is 52.0 Å². The van der Waals surface area contributed by atoms with Gasteiger partial charge in [-0.2, -0.15) is 0 Å². The van der Waals surface area contributed by atoms with Crippen LogP contribution < -0.4 is 4.90 Å². The van der Waals surface area contributed by atoms with Gasteiger partial charge in [-0.15, -0.1) is 11.3 Å². The fourth-order valence-corrected chi connectivity index (χ4v) is 4.71. The van der Waals surface area contributed by atoms with E-state index in [1.807, 2.05) is 11.3 Å². The van der Waals surface area contributed by atoms with E-state index in [9.17, 15) is 0 Å². The van der Waals surface area contributed by atoms with Crippen LogP contribution in [-0.2, 0) is 19.3 Å². The normalized spacial score (nSPS) is 15.1. The molecular formula is C24H29N3S. The number of benzene rings is 2. The van der Waals surface area contributed by atoms with Crippen LogP contribution in [0.1, 0.15) is 27.9 Å². The first kappa shape index (κ1) is 19.2. The lowest BCUT2D eigenvalue weighted by Crippen LogP contribution is -2.47. The molecule has 0 spiro atoms. The van der Waals surface area contributed by atoms with E-state index in [1.165, 1.54) is 26.7 Å². The zero-order valence-electron chi connectivity index (χ0n) is 16.7. The van der Waals surface area contributed by atoms with Gasteiger partial charge in [0.1, 0.15) is 0 Å². The minimum absolute atomic E-state index is 0.994. The molecule has 4 heteroatoms. The molecule has 2 heterocycles. The molecule has 1 fully saturated rings. The Morgan fingerprint density at radius 2 is 1.64 bits per heavy atom. The summed E-state index contributed by atoms with van der Waals surface area (Å²) in [5, 5.41) is 1.27. The highest BCUT2D eigenvalue weighted by Gasteiger charge is 2.17. The highest BCUT2D eigenvalue weighted by molar-refractivity contribution is 7.11. The maximum Gasteiger partial charge on any atom is 0.0940 e. The Morgan fingerprint density at radius 3 is 2.36 bits per heavy atom. The van der Waals surface area contributed by atoms with Crippen LogP contribution in [0.2, 0.25) is 0 Å². The summed E-state index contributed by atoms with van der Waals surface area (Å²) >= 11 is 1.87. The molecule has 0 unspecified atom stereocenters. The lowest BCUT2D eigenvalue weighted by atomic mass is 10.1. The Kier molecular flexibility index (Phi) is 6.40. The first-order chi connectivity index (χ1) is 13.8. The van der Waals surface area contributed by atoms with E-state index in [1.54, 1.807) is 0 Å². The van der Waals surface area contributed by atoms with Crippen molar-refractivity contribution in [1.29, 1.82) is 0 Å². The van der Waals surface area contributed by atoms with Gasteiger partial charge in [-0.25, -0.2) is 4.98 Å². The number of piperazine rings is 1. The minimum atomic E-state index is 0.994. The van der Waals surface area contributed by atoms with Crippen LogP contribution >= 0.6 is 11.3 Å². The molecule has 0 radical (unpaired) electrons. The number of anilines is 1. The van der Waals surface area contributed by atoms with Gasteiger partial charge >= 0.3 is 0 Å². The molecule has 2 aromatic carbocycles. The number of hydrogen-bond donors (Lipinski definition) is 0. The first-order valence-corrected chi connectivity index (χ1v) is 11.2. The van der Waals surface area contributed by atoms with Gasteiger partial charge in [0.05, 0.1) is 5.01 Å². The Morgan fingerprint density at radius 1 is 0.893 bits per heavy atom. The van der Waals surface area contributed by atoms with Gasteiger partial charge in [-0.3, -0.25) is 4.90 Å². The first-order valence-electron chi connectivity index (χ1n) is 10.3. The Labute approximate surface area is 172 Å². The van der Waals surface area contributed by atoms with E-state index in [0.29, 0.717) is 0 Å². The van der Waals surface area contributed by atoms with Gasteiger partial charge in [0.2, 0.25) is 0 Å². The molecule has 28 heavy (non-hydrogen) atoms. The highest BCUT2D eigenvalue weighted by Crippen LogP contribution is 2.20. The number of thiazole rings is 1. The number of hydrogen-bond acceptors (Lipinski definition) is 4. The molecule has 3 nitrogen and oxygen atoms in total. The molecule has 4 rings (SSSR count). The monoisotopic (exact) mass is 391 g/mol. The molecule has 146 valence electrons. The molecular weight excluding hydrogens is 362 g/mol. The summed E-state index contributed by atoms with van der Waals surface area (Å²) in [6.07, 6.45) is 5.22. The van der Waals surface area contributed by atoms with Gasteiger partial charge < -0.3 is 4.90 Å². The molecule has 3 aromatic rings. The summed E-state index contributed by atoms with van der Waals surface area (Å²) in [6.45, 7) is 7.82. The fourth-order valence-electron chi connectivity index (χ4n) is 3.77. The topological polar surface area (TPSA) is 19.4 Å². The number of aromatic nitrogens is 1. The lowest BCUT2D eigenvalue weighted by Gasteiger charge is -2.36. The molecule has 0 bridgehead atoms. The molecule has 1 aliphatic heterocycles. The average molecular weight is 392 g/mol. The quantitative estimate of drug-likeness (QED) is 0.584. The minimum Gasteiger partial charge on any atom is -0.369 e. The van der Waals surface area contributed by atoms with Crippen molar-refractivity contribution in [1.82, 2.24) is 9.88 Å². The molecule has 1 aromatic heterocycles. The van der Waals surface area contributed by atoms with Crippen molar-refractivity contribution >= 4 is 17.0 Å². The molecule has 1 saturated heterocycles. The van der Waals surface area contributed by atoms with Crippen LogP contribution in [0.25, 0.3) is 0 Å². The molecule has 0 atom stereocenters. The molecule has 0 N–H and O–H groups in total. The van der Waals surface area contributed by atoms with Crippen molar-refractivity contribution in [2.45, 2.75) is 26.2 Å². The molecule has 0 saturated carbocycles. The molecule has 0 aliphatic carbocycles. The van der Waals surface area contributed by atoms with Crippen molar-refractivity contribution in [3.63, 3.8) is 0 Å².